The minimum Gasteiger partial charge on any atom is -0.485 e. The van der Waals surface area contributed by atoms with Crippen molar-refractivity contribution < 1.29 is 9.66 Å². The van der Waals surface area contributed by atoms with Crippen LogP contribution >= 0.6 is 27.5 Å². The van der Waals surface area contributed by atoms with Gasteiger partial charge in [0.15, 0.2) is 5.75 Å². The fraction of sp³-hybridized carbons (Fsp3) is 0.118. The molecule has 5 nitrogen and oxygen atoms in total. The van der Waals surface area contributed by atoms with Crippen molar-refractivity contribution >= 4 is 44.1 Å². The molecule has 3 rings (SSSR count). The zero-order valence-electron chi connectivity index (χ0n) is 12.6. The van der Waals surface area contributed by atoms with Gasteiger partial charge in [-0.15, -0.1) is 0 Å². The number of nitro benzene ring substituents is 1. The summed E-state index contributed by atoms with van der Waals surface area (Å²) < 4.78 is 6.62. The summed E-state index contributed by atoms with van der Waals surface area (Å²) in [7, 11) is 0. The molecule has 3 aromatic rings. The molecule has 1 heterocycles. The highest BCUT2D eigenvalue weighted by Gasteiger charge is 2.13. The standard InChI is InChI=1S/C17H12BrClN2O3/c1-10-2-7-13-15(19)8-14(18)17(16(13)20-10)24-9-11-3-5-12(6-4-11)21(22)23/h2-8H,9H2,1H3. The number of nitro groups is 1. The molecular weight excluding hydrogens is 396 g/mol. The fourth-order valence-corrected chi connectivity index (χ4v) is 3.22. The second-order valence-electron chi connectivity index (χ2n) is 5.23. The normalized spacial score (nSPS) is 10.8. The first-order valence-electron chi connectivity index (χ1n) is 7.07. The van der Waals surface area contributed by atoms with Gasteiger partial charge in [-0.1, -0.05) is 11.6 Å². The largest absolute Gasteiger partial charge is 0.485 e. The Bertz CT molecular complexity index is 929. The number of aryl methyl sites for hydroxylation is 1. The molecule has 0 aliphatic rings. The summed E-state index contributed by atoms with van der Waals surface area (Å²) in [6.07, 6.45) is 0. The number of non-ortho nitro benzene ring substituents is 1. The summed E-state index contributed by atoms with van der Waals surface area (Å²) in [5.41, 5.74) is 2.41. The molecule has 0 saturated heterocycles. The first-order chi connectivity index (χ1) is 11.5. The molecule has 0 spiro atoms. The van der Waals surface area contributed by atoms with E-state index in [2.05, 4.69) is 20.9 Å². The van der Waals surface area contributed by atoms with Crippen LogP contribution in [0, 0.1) is 17.0 Å². The first kappa shape index (κ1) is 16.7. The Labute approximate surface area is 151 Å². The Morgan fingerprint density at radius 1 is 1.25 bits per heavy atom. The number of hydrogen-bond acceptors (Lipinski definition) is 4. The van der Waals surface area contributed by atoms with E-state index in [1.807, 2.05) is 19.1 Å². The van der Waals surface area contributed by atoms with Gasteiger partial charge in [0, 0.05) is 23.2 Å². The summed E-state index contributed by atoms with van der Waals surface area (Å²) in [4.78, 5) is 14.8. The van der Waals surface area contributed by atoms with Gasteiger partial charge in [0.1, 0.15) is 12.1 Å². The second kappa shape index (κ2) is 6.75. The molecule has 0 saturated carbocycles. The third kappa shape index (κ3) is 3.34. The van der Waals surface area contributed by atoms with Crippen molar-refractivity contribution in [3.8, 4) is 5.75 Å². The van der Waals surface area contributed by atoms with E-state index in [1.165, 1.54) is 12.1 Å². The molecule has 0 bridgehead atoms. The molecule has 0 radical (unpaired) electrons. The summed E-state index contributed by atoms with van der Waals surface area (Å²) in [5, 5.41) is 12.1. The number of aromatic nitrogens is 1. The highest BCUT2D eigenvalue weighted by atomic mass is 79.9. The molecule has 24 heavy (non-hydrogen) atoms. The van der Waals surface area contributed by atoms with E-state index in [-0.39, 0.29) is 12.3 Å². The van der Waals surface area contributed by atoms with Crippen LogP contribution < -0.4 is 4.74 Å². The molecule has 0 amide bonds. The van der Waals surface area contributed by atoms with E-state index in [0.717, 1.165) is 16.6 Å². The van der Waals surface area contributed by atoms with E-state index in [0.29, 0.717) is 20.8 Å². The summed E-state index contributed by atoms with van der Waals surface area (Å²) in [6, 6.07) is 11.8. The molecule has 1 aromatic heterocycles. The van der Waals surface area contributed by atoms with Crippen molar-refractivity contribution in [3.63, 3.8) is 0 Å². The van der Waals surface area contributed by atoms with Gasteiger partial charge in [-0.05, 0) is 58.7 Å². The van der Waals surface area contributed by atoms with Gasteiger partial charge in [-0.3, -0.25) is 10.1 Å². The lowest BCUT2D eigenvalue weighted by Gasteiger charge is -2.12. The number of fused-ring (bicyclic) bond motifs is 1. The summed E-state index contributed by atoms with van der Waals surface area (Å²) >= 11 is 9.72. The highest BCUT2D eigenvalue weighted by molar-refractivity contribution is 9.10. The van der Waals surface area contributed by atoms with Crippen molar-refractivity contribution in [2.24, 2.45) is 0 Å². The lowest BCUT2D eigenvalue weighted by atomic mass is 10.2. The molecule has 0 aliphatic heterocycles. The zero-order chi connectivity index (χ0) is 17.3. The number of halogens is 2. The Hall–Kier alpha value is -2.18. The van der Waals surface area contributed by atoms with Crippen LogP contribution in [0.15, 0.2) is 46.9 Å². The average Bonchev–Trinajstić information content (AvgIpc) is 2.54. The maximum Gasteiger partial charge on any atom is 0.269 e. The minimum absolute atomic E-state index is 0.0502. The SMILES string of the molecule is Cc1ccc2c(Cl)cc(Br)c(OCc3ccc([N+](=O)[O-])cc3)c2n1. The zero-order valence-corrected chi connectivity index (χ0v) is 15.0. The molecule has 0 aliphatic carbocycles. The van der Waals surface area contributed by atoms with E-state index in [1.54, 1.807) is 18.2 Å². The molecule has 122 valence electrons. The van der Waals surface area contributed by atoms with Gasteiger partial charge < -0.3 is 4.74 Å². The Morgan fingerprint density at radius 2 is 1.96 bits per heavy atom. The number of ether oxygens (including phenoxy) is 1. The van der Waals surface area contributed by atoms with Gasteiger partial charge in [0.05, 0.1) is 14.4 Å². The van der Waals surface area contributed by atoms with Crippen LogP contribution in [0.2, 0.25) is 5.02 Å². The molecule has 0 N–H and O–H groups in total. The Balaban J connectivity index is 1.92. The van der Waals surface area contributed by atoms with Crippen LogP contribution in [0.3, 0.4) is 0 Å². The van der Waals surface area contributed by atoms with Crippen molar-refractivity contribution in [2.75, 3.05) is 0 Å². The van der Waals surface area contributed by atoms with Crippen molar-refractivity contribution in [1.29, 1.82) is 0 Å². The van der Waals surface area contributed by atoms with Gasteiger partial charge >= 0.3 is 0 Å². The third-order valence-electron chi connectivity index (χ3n) is 3.51. The molecule has 7 heteroatoms. The minimum atomic E-state index is -0.430. The number of nitrogens with zero attached hydrogens (tertiary/aromatic N) is 2. The van der Waals surface area contributed by atoms with Gasteiger partial charge in [0.2, 0.25) is 0 Å². The average molecular weight is 408 g/mol. The Kier molecular flexibility index (Phi) is 4.69. The van der Waals surface area contributed by atoms with Gasteiger partial charge in [-0.2, -0.15) is 0 Å². The van der Waals surface area contributed by atoms with E-state index in [9.17, 15) is 10.1 Å². The lowest BCUT2D eigenvalue weighted by Crippen LogP contribution is -1.99. The predicted molar refractivity (Wildman–Crippen MR) is 96.6 cm³/mol. The highest BCUT2D eigenvalue weighted by Crippen LogP contribution is 2.37. The number of rotatable bonds is 4. The van der Waals surface area contributed by atoms with Crippen LogP contribution in [0.25, 0.3) is 10.9 Å². The van der Waals surface area contributed by atoms with E-state index < -0.39 is 4.92 Å². The molecule has 0 atom stereocenters. The van der Waals surface area contributed by atoms with Crippen molar-refractivity contribution in [2.45, 2.75) is 13.5 Å². The topological polar surface area (TPSA) is 65.3 Å². The number of hydrogen-bond donors (Lipinski definition) is 0. The van der Waals surface area contributed by atoms with Gasteiger partial charge in [0.25, 0.3) is 5.69 Å². The number of pyridine rings is 1. The van der Waals surface area contributed by atoms with Crippen LogP contribution in [0.1, 0.15) is 11.3 Å². The quantitative estimate of drug-likeness (QED) is 0.426. The van der Waals surface area contributed by atoms with Crippen molar-refractivity contribution in [3.05, 3.63) is 73.3 Å². The van der Waals surface area contributed by atoms with Gasteiger partial charge in [-0.25, -0.2) is 4.98 Å². The number of benzene rings is 2. The van der Waals surface area contributed by atoms with Crippen LogP contribution in [0.4, 0.5) is 5.69 Å². The monoisotopic (exact) mass is 406 g/mol. The van der Waals surface area contributed by atoms with E-state index >= 15 is 0 Å². The van der Waals surface area contributed by atoms with E-state index in [4.69, 9.17) is 16.3 Å². The lowest BCUT2D eigenvalue weighted by molar-refractivity contribution is -0.384. The molecule has 0 unspecified atom stereocenters. The summed E-state index contributed by atoms with van der Waals surface area (Å²) in [5.74, 6) is 0.594. The fourth-order valence-electron chi connectivity index (χ4n) is 2.30. The third-order valence-corrected chi connectivity index (χ3v) is 4.41. The molecule has 2 aromatic carbocycles. The smallest absolute Gasteiger partial charge is 0.269 e. The van der Waals surface area contributed by atoms with Crippen LogP contribution in [0.5, 0.6) is 5.75 Å². The predicted octanol–water partition coefficient (Wildman–Crippen LogP) is 5.45. The van der Waals surface area contributed by atoms with Crippen LogP contribution in [-0.4, -0.2) is 9.91 Å². The Morgan fingerprint density at radius 3 is 2.62 bits per heavy atom. The molecule has 0 fully saturated rings. The summed E-state index contributed by atoms with van der Waals surface area (Å²) in [6.45, 7) is 2.16. The maximum atomic E-state index is 10.7. The van der Waals surface area contributed by atoms with Crippen LogP contribution in [-0.2, 0) is 6.61 Å². The first-order valence-corrected chi connectivity index (χ1v) is 8.24. The van der Waals surface area contributed by atoms with Crippen molar-refractivity contribution in [1.82, 2.24) is 4.98 Å². The molecular formula is C17H12BrClN2O3. The maximum absolute atomic E-state index is 10.7. The second-order valence-corrected chi connectivity index (χ2v) is 6.49.